The third-order valence-electron chi connectivity index (χ3n) is 2.61. The van der Waals surface area contributed by atoms with E-state index < -0.39 is 0 Å². The molecule has 57 valence electrons. The first-order valence-electron chi connectivity index (χ1n) is 4.40. The molecule has 2 aliphatic rings. The highest BCUT2D eigenvalue weighted by atomic mass is 16.6. The van der Waals surface area contributed by atoms with Gasteiger partial charge in [-0.1, -0.05) is 12.8 Å². The molecule has 0 N–H and O–H groups in total. The number of epoxide rings is 1. The fourth-order valence-electron chi connectivity index (χ4n) is 1.84. The molecule has 1 aliphatic carbocycles. The molecule has 2 fully saturated rings. The molecule has 2 atom stereocenters. The normalized spacial score (nSPS) is 35.4. The van der Waals surface area contributed by atoms with Crippen molar-refractivity contribution in [1.29, 1.82) is 0 Å². The van der Waals surface area contributed by atoms with E-state index in [1.807, 2.05) is 0 Å². The van der Waals surface area contributed by atoms with Crippen LogP contribution in [-0.2, 0) is 4.74 Å². The van der Waals surface area contributed by atoms with E-state index in [1.54, 1.807) is 0 Å². The summed E-state index contributed by atoms with van der Waals surface area (Å²) in [7, 11) is 0. The van der Waals surface area contributed by atoms with Gasteiger partial charge in [0.05, 0.1) is 12.7 Å². The highest BCUT2D eigenvalue weighted by Gasteiger charge is 2.32. The van der Waals surface area contributed by atoms with E-state index in [2.05, 4.69) is 6.42 Å². The Morgan fingerprint density at radius 1 is 1.20 bits per heavy atom. The van der Waals surface area contributed by atoms with Gasteiger partial charge in [-0.15, -0.1) is 0 Å². The Bertz CT molecular complexity index is 99.3. The first-order valence-corrected chi connectivity index (χ1v) is 4.40. The molecule has 0 spiro atoms. The minimum atomic E-state index is 0.659. The Morgan fingerprint density at radius 3 is 2.90 bits per heavy atom. The van der Waals surface area contributed by atoms with Crippen LogP contribution in [-0.4, -0.2) is 12.7 Å². The van der Waals surface area contributed by atoms with Gasteiger partial charge >= 0.3 is 0 Å². The zero-order chi connectivity index (χ0) is 6.81. The summed E-state index contributed by atoms with van der Waals surface area (Å²) >= 11 is 0. The molecule has 10 heavy (non-hydrogen) atoms. The summed E-state index contributed by atoms with van der Waals surface area (Å²) in [5.74, 6) is 0.902. The third kappa shape index (κ3) is 1.51. The topological polar surface area (TPSA) is 12.5 Å². The maximum atomic E-state index is 5.29. The molecule has 2 rings (SSSR count). The van der Waals surface area contributed by atoms with Crippen LogP contribution in [0.2, 0.25) is 0 Å². The van der Waals surface area contributed by atoms with E-state index >= 15 is 0 Å². The number of ether oxygens (including phenoxy) is 1. The summed E-state index contributed by atoms with van der Waals surface area (Å²) in [5, 5.41) is 0. The average Bonchev–Trinajstić information content (AvgIpc) is 2.76. The second-order valence-corrected chi connectivity index (χ2v) is 3.43. The van der Waals surface area contributed by atoms with E-state index in [9.17, 15) is 0 Å². The van der Waals surface area contributed by atoms with Crippen LogP contribution in [0, 0.1) is 12.3 Å². The minimum absolute atomic E-state index is 0.659. The maximum absolute atomic E-state index is 5.29. The first-order chi connectivity index (χ1) is 4.97. The standard InChI is InChI=1S/C9H15O/c1-2-4-6-8(5-3-1)9-7-10-9/h1,8-9H,2-7H2. The molecule has 1 heterocycles. The number of hydrogen-bond acceptors (Lipinski definition) is 1. The molecule has 1 aliphatic heterocycles. The largest absolute Gasteiger partial charge is 0.373 e. The van der Waals surface area contributed by atoms with Gasteiger partial charge in [-0.3, -0.25) is 0 Å². The average molecular weight is 139 g/mol. The van der Waals surface area contributed by atoms with Crippen LogP contribution in [0.1, 0.15) is 32.1 Å². The molecular formula is C9H15O. The van der Waals surface area contributed by atoms with Crippen molar-refractivity contribution in [3.8, 4) is 0 Å². The first kappa shape index (κ1) is 6.66. The summed E-state index contributed by atoms with van der Waals surface area (Å²) in [6.07, 6.45) is 9.93. The fourth-order valence-corrected chi connectivity index (χ4v) is 1.84. The maximum Gasteiger partial charge on any atom is 0.0838 e. The Hall–Kier alpha value is -0.0400. The molecule has 0 amide bonds. The fraction of sp³-hybridized carbons (Fsp3) is 0.889. The van der Waals surface area contributed by atoms with Crippen molar-refractivity contribution >= 4 is 0 Å². The number of hydrogen-bond donors (Lipinski definition) is 0. The van der Waals surface area contributed by atoms with Crippen LogP contribution in [0.5, 0.6) is 0 Å². The molecule has 0 bridgehead atoms. The van der Waals surface area contributed by atoms with E-state index in [0.717, 1.165) is 12.5 Å². The number of rotatable bonds is 1. The van der Waals surface area contributed by atoms with Gasteiger partial charge < -0.3 is 4.74 Å². The molecule has 1 radical (unpaired) electrons. The van der Waals surface area contributed by atoms with Gasteiger partial charge in [0, 0.05) is 0 Å². The van der Waals surface area contributed by atoms with Gasteiger partial charge in [0.2, 0.25) is 0 Å². The van der Waals surface area contributed by atoms with Crippen molar-refractivity contribution in [1.82, 2.24) is 0 Å². The van der Waals surface area contributed by atoms with Crippen LogP contribution in [0.15, 0.2) is 0 Å². The smallest absolute Gasteiger partial charge is 0.0838 e. The molecule has 1 heteroatoms. The Balaban J connectivity index is 1.81. The second-order valence-electron chi connectivity index (χ2n) is 3.43. The van der Waals surface area contributed by atoms with E-state index in [0.29, 0.717) is 6.10 Å². The van der Waals surface area contributed by atoms with Crippen molar-refractivity contribution in [2.75, 3.05) is 6.61 Å². The molecule has 1 saturated carbocycles. The van der Waals surface area contributed by atoms with E-state index in [1.165, 1.54) is 32.1 Å². The summed E-state index contributed by atoms with van der Waals surface area (Å²) in [6.45, 7) is 1.05. The third-order valence-corrected chi connectivity index (χ3v) is 2.61. The van der Waals surface area contributed by atoms with Gasteiger partial charge in [-0.05, 0) is 31.6 Å². The molecular weight excluding hydrogens is 124 g/mol. The lowest BCUT2D eigenvalue weighted by Crippen LogP contribution is -2.06. The Morgan fingerprint density at radius 2 is 2.10 bits per heavy atom. The molecule has 0 aromatic rings. The molecule has 2 unspecified atom stereocenters. The summed E-state index contributed by atoms with van der Waals surface area (Å²) < 4.78 is 5.29. The van der Waals surface area contributed by atoms with Crippen molar-refractivity contribution in [3.05, 3.63) is 6.42 Å². The highest BCUT2D eigenvalue weighted by Crippen LogP contribution is 2.31. The quantitative estimate of drug-likeness (QED) is 0.400. The summed E-state index contributed by atoms with van der Waals surface area (Å²) in [5.41, 5.74) is 0. The second kappa shape index (κ2) is 2.91. The Kier molecular flexibility index (Phi) is 1.94. The predicted octanol–water partition coefficient (Wildman–Crippen LogP) is 2.17. The van der Waals surface area contributed by atoms with Gasteiger partial charge in [0.15, 0.2) is 0 Å². The van der Waals surface area contributed by atoms with Crippen molar-refractivity contribution in [3.63, 3.8) is 0 Å². The van der Waals surface area contributed by atoms with Crippen LogP contribution in [0.4, 0.5) is 0 Å². The van der Waals surface area contributed by atoms with E-state index in [-0.39, 0.29) is 0 Å². The van der Waals surface area contributed by atoms with E-state index in [4.69, 9.17) is 4.74 Å². The van der Waals surface area contributed by atoms with Crippen LogP contribution < -0.4 is 0 Å². The van der Waals surface area contributed by atoms with Crippen molar-refractivity contribution in [2.24, 2.45) is 5.92 Å². The van der Waals surface area contributed by atoms with Gasteiger partial charge in [0.1, 0.15) is 0 Å². The van der Waals surface area contributed by atoms with Crippen LogP contribution in [0.3, 0.4) is 0 Å². The predicted molar refractivity (Wildman–Crippen MR) is 40.6 cm³/mol. The zero-order valence-electron chi connectivity index (χ0n) is 6.38. The minimum Gasteiger partial charge on any atom is -0.373 e. The van der Waals surface area contributed by atoms with Crippen LogP contribution in [0.25, 0.3) is 0 Å². The molecule has 1 saturated heterocycles. The molecule has 1 nitrogen and oxygen atoms in total. The van der Waals surface area contributed by atoms with Crippen LogP contribution >= 0.6 is 0 Å². The lowest BCUT2D eigenvalue weighted by molar-refractivity contribution is 0.306. The lowest BCUT2D eigenvalue weighted by atomic mass is 9.97. The van der Waals surface area contributed by atoms with Gasteiger partial charge in [-0.25, -0.2) is 0 Å². The van der Waals surface area contributed by atoms with Crippen molar-refractivity contribution in [2.45, 2.75) is 38.2 Å². The lowest BCUT2D eigenvalue weighted by Gasteiger charge is -2.08. The monoisotopic (exact) mass is 139 g/mol. The SMILES string of the molecule is [CH]1CCCC(C2CO2)CC1. The molecule has 0 aromatic carbocycles. The summed E-state index contributed by atoms with van der Waals surface area (Å²) in [4.78, 5) is 0. The zero-order valence-corrected chi connectivity index (χ0v) is 6.38. The van der Waals surface area contributed by atoms with Gasteiger partial charge in [0.25, 0.3) is 0 Å². The van der Waals surface area contributed by atoms with Gasteiger partial charge in [-0.2, -0.15) is 0 Å². The van der Waals surface area contributed by atoms with Crippen molar-refractivity contribution < 1.29 is 4.74 Å². The molecule has 0 aromatic heterocycles. The highest BCUT2D eigenvalue weighted by molar-refractivity contribution is 4.83. The summed E-state index contributed by atoms with van der Waals surface area (Å²) in [6, 6.07) is 0. The Labute approximate surface area is 62.8 Å².